The Morgan fingerprint density at radius 2 is 2.10 bits per heavy atom. The van der Waals surface area contributed by atoms with E-state index in [4.69, 9.17) is 4.74 Å². The molecule has 1 aliphatic rings. The normalized spacial score (nSPS) is 15.9. The Hall–Kier alpha value is -1.62. The first kappa shape index (κ1) is 14.8. The van der Waals surface area contributed by atoms with Crippen molar-refractivity contribution in [2.24, 2.45) is 0 Å². The highest BCUT2D eigenvalue weighted by molar-refractivity contribution is 9.10. The lowest BCUT2D eigenvalue weighted by Gasteiger charge is -2.11. The minimum absolute atomic E-state index is 0.241. The lowest BCUT2D eigenvalue weighted by Crippen LogP contribution is -2.36. The van der Waals surface area contributed by atoms with Crippen molar-refractivity contribution in [1.29, 1.82) is 0 Å². The third-order valence-corrected chi connectivity index (χ3v) is 3.61. The molecule has 5 heteroatoms. The molecule has 0 bridgehead atoms. The summed E-state index contributed by atoms with van der Waals surface area (Å²) in [4.78, 5) is 23.3. The van der Waals surface area contributed by atoms with Gasteiger partial charge in [0.15, 0.2) is 6.10 Å². The molecule has 1 saturated carbocycles. The van der Waals surface area contributed by atoms with Crippen LogP contribution in [0.4, 0.5) is 0 Å². The summed E-state index contributed by atoms with van der Waals surface area (Å²) in [5.41, 5.74) is 0.875. The first-order valence-corrected chi connectivity index (χ1v) is 7.29. The zero-order valence-corrected chi connectivity index (χ0v) is 12.7. The zero-order chi connectivity index (χ0) is 14.5. The van der Waals surface area contributed by atoms with Gasteiger partial charge in [-0.1, -0.05) is 34.1 Å². The van der Waals surface area contributed by atoms with E-state index in [0.29, 0.717) is 0 Å². The van der Waals surface area contributed by atoms with Gasteiger partial charge in [-0.05, 0) is 37.5 Å². The predicted molar refractivity (Wildman–Crippen MR) is 79.9 cm³/mol. The molecule has 1 aromatic carbocycles. The first-order valence-electron chi connectivity index (χ1n) is 6.50. The van der Waals surface area contributed by atoms with Crippen LogP contribution in [0.1, 0.15) is 25.3 Å². The Morgan fingerprint density at radius 3 is 2.75 bits per heavy atom. The van der Waals surface area contributed by atoms with E-state index in [1.54, 1.807) is 13.0 Å². The van der Waals surface area contributed by atoms with Crippen LogP contribution in [0.15, 0.2) is 34.8 Å². The molecule has 1 atom stereocenters. The maximum atomic E-state index is 11.6. The molecule has 0 heterocycles. The van der Waals surface area contributed by atoms with Crippen LogP contribution in [0.3, 0.4) is 0 Å². The Morgan fingerprint density at radius 1 is 1.40 bits per heavy atom. The molecular formula is C15H16BrNO3. The number of esters is 1. The van der Waals surface area contributed by atoms with E-state index in [0.717, 1.165) is 22.9 Å². The van der Waals surface area contributed by atoms with Crippen LogP contribution >= 0.6 is 15.9 Å². The molecule has 1 aromatic rings. The molecule has 0 spiro atoms. The van der Waals surface area contributed by atoms with E-state index in [1.165, 1.54) is 6.08 Å². The van der Waals surface area contributed by atoms with Gasteiger partial charge < -0.3 is 10.1 Å². The lowest BCUT2D eigenvalue weighted by atomic mass is 10.2. The van der Waals surface area contributed by atoms with Gasteiger partial charge in [-0.25, -0.2) is 4.79 Å². The van der Waals surface area contributed by atoms with Crippen LogP contribution in [-0.2, 0) is 14.3 Å². The highest BCUT2D eigenvalue weighted by atomic mass is 79.9. The van der Waals surface area contributed by atoms with Crippen molar-refractivity contribution in [3.05, 3.63) is 40.4 Å². The Kier molecular flexibility index (Phi) is 4.95. The van der Waals surface area contributed by atoms with Gasteiger partial charge in [0.05, 0.1) is 0 Å². The van der Waals surface area contributed by atoms with Crippen molar-refractivity contribution >= 4 is 33.9 Å². The average Bonchev–Trinajstić information content (AvgIpc) is 3.21. The fourth-order valence-corrected chi connectivity index (χ4v) is 2.00. The molecule has 20 heavy (non-hydrogen) atoms. The van der Waals surface area contributed by atoms with Crippen molar-refractivity contribution < 1.29 is 14.3 Å². The number of hydrogen-bond acceptors (Lipinski definition) is 3. The summed E-state index contributed by atoms with van der Waals surface area (Å²) in [5.74, 6) is -0.769. The molecule has 1 N–H and O–H groups in total. The van der Waals surface area contributed by atoms with Crippen molar-refractivity contribution in [2.75, 3.05) is 0 Å². The largest absolute Gasteiger partial charge is 0.449 e. The number of rotatable bonds is 5. The van der Waals surface area contributed by atoms with E-state index in [9.17, 15) is 9.59 Å². The molecule has 1 aliphatic carbocycles. The topological polar surface area (TPSA) is 55.4 Å². The van der Waals surface area contributed by atoms with Crippen molar-refractivity contribution in [2.45, 2.75) is 31.9 Å². The van der Waals surface area contributed by atoms with Crippen LogP contribution in [0.2, 0.25) is 0 Å². The molecule has 2 rings (SSSR count). The van der Waals surface area contributed by atoms with E-state index >= 15 is 0 Å². The second-order valence-electron chi connectivity index (χ2n) is 4.72. The van der Waals surface area contributed by atoms with Crippen molar-refractivity contribution in [3.63, 3.8) is 0 Å². The highest BCUT2D eigenvalue weighted by Gasteiger charge is 2.26. The molecule has 1 fully saturated rings. The summed E-state index contributed by atoms with van der Waals surface area (Å²) in [5, 5.41) is 2.79. The first-order chi connectivity index (χ1) is 9.56. The van der Waals surface area contributed by atoms with Crippen LogP contribution in [0.5, 0.6) is 0 Å². The highest BCUT2D eigenvalue weighted by Crippen LogP contribution is 2.19. The fourth-order valence-electron chi connectivity index (χ4n) is 1.58. The second kappa shape index (κ2) is 6.70. The van der Waals surface area contributed by atoms with Gasteiger partial charge in [-0.15, -0.1) is 0 Å². The summed E-state index contributed by atoms with van der Waals surface area (Å²) < 4.78 is 5.94. The molecule has 0 unspecified atom stereocenters. The third-order valence-electron chi connectivity index (χ3n) is 2.89. The number of carbonyl (C=O) groups is 2. The minimum atomic E-state index is -0.771. The summed E-state index contributed by atoms with van der Waals surface area (Å²) in [7, 11) is 0. The van der Waals surface area contributed by atoms with E-state index in [2.05, 4.69) is 21.2 Å². The standard InChI is InChI=1S/C15H16BrNO3/c1-10(15(19)17-12-7-8-12)20-14(18)9-6-11-4-2-3-5-13(11)16/h2-6,9-10,12H,7-8H2,1H3,(H,17,19)/b9-6+/t10-/m1/s1. The number of ether oxygens (including phenoxy) is 1. The van der Waals surface area contributed by atoms with Crippen LogP contribution in [0.25, 0.3) is 6.08 Å². The molecule has 1 amide bonds. The zero-order valence-electron chi connectivity index (χ0n) is 11.1. The molecular weight excluding hydrogens is 322 g/mol. The van der Waals surface area contributed by atoms with Crippen LogP contribution in [0, 0.1) is 0 Å². The fraction of sp³-hybridized carbons (Fsp3) is 0.333. The summed E-state index contributed by atoms with van der Waals surface area (Å²) in [6.07, 6.45) is 4.22. The number of nitrogens with one attached hydrogen (secondary N) is 1. The second-order valence-corrected chi connectivity index (χ2v) is 5.57. The number of carbonyl (C=O) groups excluding carboxylic acids is 2. The van der Waals surface area contributed by atoms with Crippen molar-refractivity contribution in [3.8, 4) is 0 Å². The number of amides is 1. The number of halogens is 1. The van der Waals surface area contributed by atoms with Gasteiger partial charge in [-0.3, -0.25) is 4.79 Å². The Bertz CT molecular complexity index is 538. The molecule has 0 radical (unpaired) electrons. The third kappa shape index (κ3) is 4.49. The van der Waals surface area contributed by atoms with Gasteiger partial charge in [0.25, 0.3) is 5.91 Å². The maximum absolute atomic E-state index is 11.6. The summed E-state index contributed by atoms with van der Waals surface area (Å²) in [6.45, 7) is 1.57. The van der Waals surface area contributed by atoms with Gasteiger partial charge in [0.2, 0.25) is 0 Å². The van der Waals surface area contributed by atoms with Crippen LogP contribution < -0.4 is 5.32 Å². The monoisotopic (exact) mass is 337 g/mol. The number of benzene rings is 1. The molecule has 106 valence electrons. The van der Waals surface area contributed by atoms with E-state index in [-0.39, 0.29) is 11.9 Å². The molecule has 0 aromatic heterocycles. The quantitative estimate of drug-likeness (QED) is 0.663. The molecule has 0 saturated heterocycles. The smallest absolute Gasteiger partial charge is 0.331 e. The Balaban J connectivity index is 1.85. The lowest BCUT2D eigenvalue weighted by molar-refractivity contribution is -0.150. The Labute approximate surface area is 126 Å². The molecule has 4 nitrogen and oxygen atoms in total. The predicted octanol–water partition coefficient (Wildman–Crippen LogP) is 2.67. The van der Waals surface area contributed by atoms with Crippen LogP contribution in [-0.4, -0.2) is 24.0 Å². The molecule has 0 aliphatic heterocycles. The number of hydrogen-bond donors (Lipinski definition) is 1. The van der Waals surface area contributed by atoms with Crippen molar-refractivity contribution in [1.82, 2.24) is 5.32 Å². The van der Waals surface area contributed by atoms with Gasteiger partial charge in [-0.2, -0.15) is 0 Å². The van der Waals surface area contributed by atoms with Gasteiger partial charge >= 0.3 is 5.97 Å². The summed E-state index contributed by atoms with van der Waals surface area (Å²) in [6, 6.07) is 7.79. The average molecular weight is 338 g/mol. The maximum Gasteiger partial charge on any atom is 0.331 e. The van der Waals surface area contributed by atoms with E-state index in [1.807, 2.05) is 24.3 Å². The van der Waals surface area contributed by atoms with E-state index < -0.39 is 12.1 Å². The minimum Gasteiger partial charge on any atom is -0.449 e. The van der Waals surface area contributed by atoms with Gasteiger partial charge in [0.1, 0.15) is 0 Å². The van der Waals surface area contributed by atoms with Gasteiger partial charge in [0, 0.05) is 16.6 Å². The SMILES string of the molecule is C[C@@H](OC(=O)/C=C/c1ccccc1Br)C(=O)NC1CC1. The summed E-state index contributed by atoms with van der Waals surface area (Å²) >= 11 is 3.39.